The van der Waals surface area contributed by atoms with Crippen molar-refractivity contribution >= 4 is 5.91 Å². The molecule has 0 radical (unpaired) electrons. The second-order valence-electron chi connectivity index (χ2n) is 4.73. The number of aliphatic hydroxyl groups excluding tert-OH is 1. The highest BCUT2D eigenvalue weighted by Crippen LogP contribution is 2.09. The van der Waals surface area contributed by atoms with Crippen molar-refractivity contribution in [2.45, 2.75) is 52.6 Å². The van der Waals surface area contributed by atoms with Crippen molar-refractivity contribution in [1.82, 2.24) is 10.2 Å². The molecule has 96 valence electrons. The second kappa shape index (κ2) is 6.86. The number of carbonyl (C=O) groups excluding carboxylic acids is 1. The molecule has 0 heterocycles. The third-order valence-corrected chi connectivity index (χ3v) is 2.79. The summed E-state index contributed by atoms with van der Waals surface area (Å²) in [7, 11) is 0. The van der Waals surface area contributed by atoms with Gasteiger partial charge in [-0.15, -0.1) is 0 Å². The molecule has 0 saturated heterocycles. The largest absolute Gasteiger partial charge is 0.396 e. The van der Waals surface area contributed by atoms with Crippen LogP contribution in [0.1, 0.15) is 41.0 Å². The molecule has 0 aromatic carbocycles. The molecule has 16 heavy (non-hydrogen) atoms. The lowest BCUT2D eigenvalue weighted by atomic mass is 10.00. The van der Waals surface area contributed by atoms with Gasteiger partial charge in [0.15, 0.2) is 0 Å². The zero-order valence-corrected chi connectivity index (χ0v) is 11.2. The van der Waals surface area contributed by atoms with Gasteiger partial charge in [0.1, 0.15) is 0 Å². The van der Waals surface area contributed by atoms with Gasteiger partial charge in [-0.2, -0.15) is 0 Å². The summed E-state index contributed by atoms with van der Waals surface area (Å²) in [4.78, 5) is 13.8. The first kappa shape index (κ1) is 15.4. The van der Waals surface area contributed by atoms with E-state index >= 15 is 0 Å². The molecular weight excluding hydrogens is 204 g/mol. The van der Waals surface area contributed by atoms with Gasteiger partial charge in [-0.1, -0.05) is 0 Å². The van der Waals surface area contributed by atoms with Crippen LogP contribution in [0.25, 0.3) is 0 Å². The monoisotopic (exact) mass is 230 g/mol. The fourth-order valence-electron chi connectivity index (χ4n) is 1.81. The average Bonchev–Trinajstić information content (AvgIpc) is 2.18. The molecule has 4 nitrogen and oxygen atoms in total. The van der Waals surface area contributed by atoms with Gasteiger partial charge in [-0.05, 0) is 41.0 Å². The van der Waals surface area contributed by atoms with Crippen LogP contribution in [-0.2, 0) is 4.79 Å². The molecule has 0 rings (SSSR count). The molecule has 1 unspecified atom stereocenters. The average molecular weight is 230 g/mol. The Morgan fingerprint density at radius 2 is 1.88 bits per heavy atom. The minimum atomic E-state index is -0.211. The molecule has 0 aliphatic rings. The SMILES string of the molecule is CCN(CC)C(=O)C(C)NC(C)(C)CCO. The van der Waals surface area contributed by atoms with E-state index in [0.717, 1.165) is 13.1 Å². The standard InChI is InChI=1S/C12H26N2O2/c1-6-14(7-2)11(16)10(3)13-12(4,5)8-9-15/h10,13,15H,6-9H2,1-5H3. The van der Waals surface area contributed by atoms with E-state index in [2.05, 4.69) is 5.32 Å². The number of nitrogens with zero attached hydrogens (tertiary/aromatic N) is 1. The Bertz CT molecular complexity index is 213. The molecular formula is C12H26N2O2. The number of likely N-dealkylation sites (N-methyl/N-ethyl adjacent to an activating group) is 1. The number of aliphatic hydroxyl groups is 1. The van der Waals surface area contributed by atoms with E-state index in [1.54, 1.807) is 0 Å². The normalized spacial score (nSPS) is 13.6. The quantitative estimate of drug-likeness (QED) is 0.686. The highest BCUT2D eigenvalue weighted by atomic mass is 16.3. The van der Waals surface area contributed by atoms with Gasteiger partial charge in [0.25, 0.3) is 0 Å². The van der Waals surface area contributed by atoms with Crippen LogP contribution in [0.15, 0.2) is 0 Å². The molecule has 0 aromatic heterocycles. The first-order chi connectivity index (χ1) is 7.37. The maximum absolute atomic E-state index is 12.0. The van der Waals surface area contributed by atoms with Crippen LogP contribution < -0.4 is 5.32 Å². The van der Waals surface area contributed by atoms with Crippen LogP contribution in [0.2, 0.25) is 0 Å². The molecule has 0 aromatic rings. The van der Waals surface area contributed by atoms with Crippen LogP contribution in [-0.4, -0.2) is 47.2 Å². The van der Waals surface area contributed by atoms with Crippen molar-refractivity contribution in [3.8, 4) is 0 Å². The molecule has 4 heteroatoms. The van der Waals surface area contributed by atoms with Crippen molar-refractivity contribution in [3.63, 3.8) is 0 Å². The van der Waals surface area contributed by atoms with Gasteiger partial charge in [0.2, 0.25) is 5.91 Å². The Morgan fingerprint density at radius 3 is 2.25 bits per heavy atom. The molecule has 0 fully saturated rings. The van der Waals surface area contributed by atoms with Crippen LogP contribution in [0, 0.1) is 0 Å². The number of rotatable bonds is 7. The van der Waals surface area contributed by atoms with Gasteiger partial charge in [0, 0.05) is 25.2 Å². The summed E-state index contributed by atoms with van der Waals surface area (Å²) >= 11 is 0. The van der Waals surface area contributed by atoms with Crippen molar-refractivity contribution in [2.24, 2.45) is 0 Å². The zero-order chi connectivity index (χ0) is 12.8. The topological polar surface area (TPSA) is 52.6 Å². The van der Waals surface area contributed by atoms with Gasteiger partial charge in [0.05, 0.1) is 6.04 Å². The number of hydrogen-bond donors (Lipinski definition) is 2. The third kappa shape index (κ3) is 4.94. The Morgan fingerprint density at radius 1 is 1.38 bits per heavy atom. The molecule has 0 spiro atoms. The van der Waals surface area contributed by atoms with E-state index in [4.69, 9.17) is 5.11 Å². The number of nitrogens with one attached hydrogen (secondary N) is 1. The molecule has 1 amide bonds. The van der Waals surface area contributed by atoms with E-state index in [1.807, 2.05) is 39.5 Å². The minimum Gasteiger partial charge on any atom is -0.396 e. The maximum Gasteiger partial charge on any atom is 0.239 e. The van der Waals surface area contributed by atoms with Gasteiger partial charge < -0.3 is 15.3 Å². The Balaban J connectivity index is 4.34. The molecule has 2 N–H and O–H groups in total. The molecule has 1 atom stereocenters. The summed E-state index contributed by atoms with van der Waals surface area (Å²) < 4.78 is 0. The molecule has 0 aliphatic heterocycles. The summed E-state index contributed by atoms with van der Waals surface area (Å²) in [5, 5.41) is 12.2. The second-order valence-corrected chi connectivity index (χ2v) is 4.73. The van der Waals surface area contributed by atoms with E-state index < -0.39 is 0 Å². The molecule has 0 bridgehead atoms. The van der Waals surface area contributed by atoms with Crippen molar-refractivity contribution < 1.29 is 9.90 Å². The number of amides is 1. The van der Waals surface area contributed by atoms with Crippen molar-refractivity contribution in [3.05, 3.63) is 0 Å². The first-order valence-corrected chi connectivity index (χ1v) is 6.05. The van der Waals surface area contributed by atoms with Crippen molar-refractivity contribution in [2.75, 3.05) is 19.7 Å². The minimum absolute atomic E-state index is 0.121. The summed E-state index contributed by atoms with van der Waals surface area (Å²) in [6, 6.07) is -0.207. The predicted molar refractivity (Wildman–Crippen MR) is 66.3 cm³/mol. The van der Waals surface area contributed by atoms with Gasteiger partial charge in [-0.25, -0.2) is 0 Å². The maximum atomic E-state index is 12.0. The Kier molecular flexibility index (Phi) is 6.60. The van der Waals surface area contributed by atoms with E-state index in [1.165, 1.54) is 0 Å². The van der Waals surface area contributed by atoms with E-state index in [9.17, 15) is 4.79 Å². The fourth-order valence-corrected chi connectivity index (χ4v) is 1.81. The van der Waals surface area contributed by atoms with Crippen LogP contribution >= 0.6 is 0 Å². The summed E-state index contributed by atoms with van der Waals surface area (Å²) in [6.45, 7) is 11.4. The van der Waals surface area contributed by atoms with E-state index in [-0.39, 0.29) is 24.1 Å². The summed E-state index contributed by atoms with van der Waals surface area (Å²) in [5.74, 6) is 0.121. The van der Waals surface area contributed by atoms with Crippen LogP contribution in [0.5, 0.6) is 0 Å². The Hall–Kier alpha value is -0.610. The fraction of sp³-hybridized carbons (Fsp3) is 0.917. The smallest absolute Gasteiger partial charge is 0.239 e. The Labute approximate surface area is 99.0 Å². The lowest BCUT2D eigenvalue weighted by Crippen LogP contribution is -2.52. The van der Waals surface area contributed by atoms with Gasteiger partial charge >= 0.3 is 0 Å². The zero-order valence-electron chi connectivity index (χ0n) is 11.2. The summed E-state index contributed by atoms with van der Waals surface area (Å²) in [6.07, 6.45) is 0.642. The lowest BCUT2D eigenvalue weighted by molar-refractivity contribution is -0.133. The highest BCUT2D eigenvalue weighted by Gasteiger charge is 2.25. The number of carbonyl (C=O) groups is 1. The van der Waals surface area contributed by atoms with Crippen LogP contribution in [0.3, 0.4) is 0 Å². The first-order valence-electron chi connectivity index (χ1n) is 6.05. The third-order valence-electron chi connectivity index (χ3n) is 2.79. The van der Waals surface area contributed by atoms with Crippen molar-refractivity contribution in [1.29, 1.82) is 0 Å². The molecule has 0 aliphatic carbocycles. The summed E-state index contributed by atoms with van der Waals surface area (Å²) in [5.41, 5.74) is -0.211. The highest BCUT2D eigenvalue weighted by molar-refractivity contribution is 5.81. The van der Waals surface area contributed by atoms with Gasteiger partial charge in [-0.3, -0.25) is 4.79 Å². The predicted octanol–water partition coefficient (Wildman–Crippen LogP) is 0.994. The molecule has 0 saturated carbocycles. The number of hydrogen-bond acceptors (Lipinski definition) is 3. The van der Waals surface area contributed by atoms with Crippen LogP contribution in [0.4, 0.5) is 0 Å². The lowest BCUT2D eigenvalue weighted by Gasteiger charge is -2.31. The van der Waals surface area contributed by atoms with E-state index in [0.29, 0.717) is 6.42 Å².